The zero-order chi connectivity index (χ0) is 13.8. The van der Waals surface area contributed by atoms with Gasteiger partial charge in [-0.2, -0.15) is 10.5 Å². The summed E-state index contributed by atoms with van der Waals surface area (Å²) in [4.78, 5) is 0. The van der Waals surface area contributed by atoms with Gasteiger partial charge in [-0.15, -0.1) is 10.2 Å². The predicted molar refractivity (Wildman–Crippen MR) is 69.2 cm³/mol. The van der Waals surface area contributed by atoms with Crippen LogP contribution in [0.1, 0.15) is 60.2 Å². The molecule has 0 aliphatic heterocycles. The van der Waals surface area contributed by atoms with Gasteiger partial charge in [-0.3, -0.25) is 0 Å². The molecule has 0 atom stereocenters. The van der Waals surface area contributed by atoms with Gasteiger partial charge in [0, 0.05) is 11.8 Å². The highest BCUT2D eigenvalue weighted by Crippen LogP contribution is 2.03. The molecule has 0 saturated carbocycles. The van der Waals surface area contributed by atoms with E-state index in [0.29, 0.717) is 5.92 Å². The third kappa shape index (κ3) is 17.2. The van der Waals surface area contributed by atoms with Crippen molar-refractivity contribution in [2.45, 2.75) is 54.4 Å². The van der Waals surface area contributed by atoms with Crippen LogP contribution in [0.2, 0.25) is 0 Å². The monoisotopic (exact) mass is 239 g/mol. The molecule has 1 heterocycles. The Balaban J connectivity index is 0. The zero-order valence-corrected chi connectivity index (χ0v) is 12.0. The highest BCUT2D eigenvalue weighted by atomic mass is 15.5. The summed E-state index contributed by atoms with van der Waals surface area (Å²) in [5, 5.41) is 21.2. The Labute approximate surface area is 105 Å². The fourth-order valence-electron chi connectivity index (χ4n) is 0.414. The van der Waals surface area contributed by atoms with E-state index in [1.54, 1.807) is 0 Å². The van der Waals surface area contributed by atoms with Crippen molar-refractivity contribution < 1.29 is 0 Å². The number of rotatable bonds is 1. The molecule has 0 fully saturated rings. The molecule has 1 aromatic rings. The van der Waals surface area contributed by atoms with Gasteiger partial charge in [0.25, 0.3) is 0 Å². The van der Waals surface area contributed by atoms with Crippen molar-refractivity contribution in [3.8, 4) is 6.07 Å². The van der Waals surface area contributed by atoms with Gasteiger partial charge in [-0.05, 0) is 19.8 Å². The smallest absolute Gasteiger partial charge is 0.177 e. The van der Waals surface area contributed by atoms with Crippen LogP contribution in [0, 0.1) is 23.2 Å². The summed E-state index contributed by atoms with van der Waals surface area (Å²) in [5.74, 6) is 2.16. The average Bonchev–Trinajstić information content (AvgIpc) is 2.70. The van der Waals surface area contributed by atoms with E-state index in [1.807, 2.05) is 33.8 Å². The third-order valence-electron chi connectivity index (χ3n) is 1.14. The molecule has 0 saturated heterocycles. The molecule has 5 heteroatoms. The number of tetrazole rings is 1. The highest BCUT2D eigenvalue weighted by Gasteiger charge is 2.00. The molecule has 0 amide bonds. The molecule has 0 aromatic carbocycles. The summed E-state index contributed by atoms with van der Waals surface area (Å²) in [6.45, 7) is 14.3. The normalized spacial score (nSPS) is 9.24. The van der Waals surface area contributed by atoms with Gasteiger partial charge in [0.15, 0.2) is 5.82 Å². The first-order chi connectivity index (χ1) is 7.81. The lowest BCUT2D eigenvalue weighted by Gasteiger charge is -1.90. The first kappa shape index (κ1) is 17.9. The molecule has 0 radical (unpaired) electrons. The van der Waals surface area contributed by atoms with Gasteiger partial charge in [0.05, 0.1) is 6.07 Å². The molecule has 0 aliphatic rings. The maximum atomic E-state index is 7.89. The van der Waals surface area contributed by atoms with Crippen molar-refractivity contribution in [1.82, 2.24) is 20.6 Å². The van der Waals surface area contributed by atoms with E-state index in [9.17, 15) is 0 Å². The second kappa shape index (κ2) is 11.1. The first-order valence-corrected chi connectivity index (χ1v) is 5.94. The van der Waals surface area contributed by atoms with E-state index in [2.05, 4.69) is 41.4 Å². The van der Waals surface area contributed by atoms with Crippen LogP contribution in [0.4, 0.5) is 0 Å². The van der Waals surface area contributed by atoms with E-state index >= 15 is 0 Å². The Morgan fingerprint density at radius 3 is 1.59 bits per heavy atom. The third-order valence-corrected chi connectivity index (χ3v) is 1.14. The lowest BCUT2D eigenvalue weighted by atomic mass is 10.2. The summed E-state index contributed by atoms with van der Waals surface area (Å²) < 4.78 is 0. The van der Waals surface area contributed by atoms with Crippen LogP contribution in [-0.2, 0) is 0 Å². The number of H-pyrrole nitrogens is 1. The topological polar surface area (TPSA) is 78.2 Å². The summed E-state index contributed by atoms with van der Waals surface area (Å²) in [6.07, 6.45) is 0. The Bertz CT molecular complexity index is 280. The maximum Gasteiger partial charge on any atom is 0.177 e. The standard InChI is InChI=1S/C4H8N4.C4H7N.C4H10/c1-3(2)4-5-7-8-6-4;1-4(2)3-5;1-4(2)3/h3H,1-2H3,(H,5,6,7,8);4H,1-2H3;4H,1-3H3. The molecular weight excluding hydrogens is 214 g/mol. The van der Waals surface area contributed by atoms with Crippen LogP contribution in [0.15, 0.2) is 0 Å². The number of hydrogen-bond acceptors (Lipinski definition) is 4. The quantitative estimate of drug-likeness (QED) is 0.816. The van der Waals surface area contributed by atoms with E-state index in [1.165, 1.54) is 0 Å². The van der Waals surface area contributed by atoms with Gasteiger partial charge >= 0.3 is 0 Å². The largest absolute Gasteiger partial charge is 0.198 e. The Hall–Kier alpha value is -1.44. The van der Waals surface area contributed by atoms with Crippen LogP contribution >= 0.6 is 0 Å². The number of hydrogen-bond donors (Lipinski definition) is 1. The summed E-state index contributed by atoms with van der Waals surface area (Å²) in [7, 11) is 0. The Morgan fingerprint density at radius 2 is 1.47 bits per heavy atom. The summed E-state index contributed by atoms with van der Waals surface area (Å²) in [5.41, 5.74) is 0. The number of nitriles is 1. The van der Waals surface area contributed by atoms with Crippen molar-refractivity contribution in [2.75, 3.05) is 0 Å². The van der Waals surface area contributed by atoms with E-state index < -0.39 is 0 Å². The Kier molecular flexibility index (Phi) is 11.7. The minimum Gasteiger partial charge on any atom is -0.198 e. The first-order valence-electron chi connectivity index (χ1n) is 5.94. The van der Waals surface area contributed by atoms with Crippen molar-refractivity contribution >= 4 is 0 Å². The van der Waals surface area contributed by atoms with E-state index in [-0.39, 0.29) is 5.92 Å². The van der Waals surface area contributed by atoms with Gasteiger partial charge < -0.3 is 0 Å². The number of aromatic nitrogens is 4. The van der Waals surface area contributed by atoms with Crippen LogP contribution in [0.3, 0.4) is 0 Å². The van der Waals surface area contributed by atoms with Crippen molar-refractivity contribution in [2.24, 2.45) is 11.8 Å². The second-order valence-corrected chi connectivity index (χ2v) is 4.94. The predicted octanol–water partition coefficient (Wildman–Crippen LogP) is 3.15. The highest BCUT2D eigenvalue weighted by molar-refractivity contribution is 4.83. The minimum atomic E-state index is 0.190. The lowest BCUT2D eigenvalue weighted by Crippen LogP contribution is -1.88. The number of nitrogens with one attached hydrogen (secondary N) is 1. The van der Waals surface area contributed by atoms with Gasteiger partial charge in [-0.25, -0.2) is 0 Å². The average molecular weight is 239 g/mol. The molecule has 1 N–H and O–H groups in total. The van der Waals surface area contributed by atoms with Crippen LogP contribution < -0.4 is 0 Å². The van der Waals surface area contributed by atoms with Crippen molar-refractivity contribution in [3.05, 3.63) is 5.82 Å². The van der Waals surface area contributed by atoms with Crippen LogP contribution in [0.5, 0.6) is 0 Å². The molecule has 17 heavy (non-hydrogen) atoms. The molecule has 98 valence electrons. The van der Waals surface area contributed by atoms with Crippen molar-refractivity contribution in [1.29, 1.82) is 5.26 Å². The molecule has 0 spiro atoms. The SMILES string of the molecule is CC(C)C.CC(C)C#N.CC(C)c1nn[nH]n1. The molecular formula is C12H25N5. The lowest BCUT2D eigenvalue weighted by molar-refractivity contribution is 0.737. The maximum absolute atomic E-state index is 7.89. The van der Waals surface area contributed by atoms with Gasteiger partial charge in [0.1, 0.15) is 0 Å². The van der Waals surface area contributed by atoms with Crippen molar-refractivity contribution in [3.63, 3.8) is 0 Å². The second-order valence-electron chi connectivity index (χ2n) is 4.94. The number of aromatic amines is 1. The van der Waals surface area contributed by atoms with Gasteiger partial charge in [0.2, 0.25) is 0 Å². The van der Waals surface area contributed by atoms with Crippen LogP contribution in [0.25, 0.3) is 0 Å². The zero-order valence-electron chi connectivity index (χ0n) is 12.0. The number of nitrogens with zero attached hydrogens (tertiary/aromatic N) is 4. The molecule has 1 aromatic heterocycles. The van der Waals surface area contributed by atoms with Gasteiger partial charge in [-0.1, -0.05) is 39.8 Å². The van der Waals surface area contributed by atoms with E-state index in [4.69, 9.17) is 5.26 Å². The molecule has 1 rings (SSSR count). The molecule has 5 nitrogen and oxygen atoms in total. The molecule has 0 bridgehead atoms. The minimum absolute atomic E-state index is 0.190. The van der Waals surface area contributed by atoms with E-state index in [0.717, 1.165) is 11.7 Å². The molecule has 0 unspecified atom stereocenters. The fraction of sp³-hybridized carbons (Fsp3) is 0.833. The molecule has 0 aliphatic carbocycles. The Morgan fingerprint density at radius 1 is 1.06 bits per heavy atom. The summed E-state index contributed by atoms with van der Waals surface area (Å²) in [6, 6.07) is 2.03. The summed E-state index contributed by atoms with van der Waals surface area (Å²) >= 11 is 0. The fourth-order valence-corrected chi connectivity index (χ4v) is 0.414. The van der Waals surface area contributed by atoms with Crippen LogP contribution in [-0.4, -0.2) is 20.6 Å².